The van der Waals surface area contributed by atoms with Gasteiger partial charge in [0, 0.05) is 5.69 Å². The van der Waals surface area contributed by atoms with E-state index in [0.29, 0.717) is 34.8 Å². The molecule has 1 atom stereocenters. The molecule has 4 rings (SSSR count). The summed E-state index contributed by atoms with van der Waals surface area (Å²) in [6.45, 7) is 4.24. The van der Waals surface area contributed by atoms with E-state index in [1.165, 1.54) is 23.9 Å². The van der Waals surface area contributed by atoms with Gasteiger partial charge < -0.3 is 14.8 Å². The fourth-order valence-corrected chi connectivity index (χ4v) is 4.15. The van der Waals surface area contributed by atoms with Crippen LogP contribution in [0, 0.1) is 5.82 Å². The normalized spacial score (nSPS) is 11.6. The maximum atomic E-state index is 13.3. The molecule has 1 N–H and O–H groups in total. The van der Waals surface area contributed by atoms with E-state index in [1.807, 2.05) is 66.9 Å². The summed E-state index contributed by atoms with van der Waals surface area (Å²) in [5.41, 5.74) is 1.46. The molecule has 0 spiro atoms. The molecule has 9 heteroatoms. The SMILES string of the molecule is CCOc1ccccc1NC(=O)CSc1nnc(C(C)Oc2ccc(F)cc2)n1-c1ccccc1. The number of nitrogens with zero attached hydrogens (tertiary/aromatic N) is 3. The summed E-state index contributed by atoms with van der Waals surface area (Å²) < 4.78 is 26.7. The Morgan fingerprint density at radius 2 is 1.74 bits per heavy atom. The molecule has 0 aliphatic heterocycles. The molecular weight excluding hydrogens is 467 g/mol. The first-order chi connectivity index (χ1) is 17.0. The van der Waals surface area contributed by atoms with E-state index in [-0.39, 0.29) is 17.5 Å². The first-order valence-corrected chi connectivity index (χ1v) is 12.1. The predicted octanol–water partition coefficient (Wildman–Crippen LogP) is 5.68. The highest BCUT2D eigenvalue weighted by Crippen LogP contribution is 2.29. The minimum atomic E-state index is -0.477. The molecule has 180 valence electrons. The van der Waals surface area contributed by atoms with Crippen LogP contribution in [0.1, 0.15) is 25.8 Å². The van der Waals surface area contributed by atoms with Crippen molar-refractivity contribution < 1.29 is 18.7 Å². The number of anilines is 1. The van der Waals surface area contributed by atoms with Gasteiger partial charge in [-0.15, -0.1) is 10.2 Å². The Labute approximate surface area is 207 Å². The number of carbonyl (C=O) groups excluding carboxylic acids is 1. The maximum Gasteiger partial charge on any atom is 0.234 e. The number of carbonyl (C=O) groups is 1. The molecule has 3 aromatic carbocycles. The van der Waals surface area contributed by atoms with Gasteiger partial charge in [-0.3, -0.25) is 9.36 Å². The van der Waals surface area contributed by atoms with Crippen molar-refractivity contribution in [3.05, 3.63) is 90.5 Å². The van der Waals surface area contributed by atoms with E-state index >= 15 is 0 Å². The molecule has 1 aromatic heterocycles. The Balaban J connectivity index is 1.52. The number of thioether (sulfide) groups is 1. The van der Waals surface area contributed by atoms with Crippen molar-refractivity contribution >= 4 is 23.4 Å². The highest BCUT2D eigenvalue weighted by atomic mass is 32.2. The lowest BCUT2D eigenvalue weighted by Crippen LogP contribution is -2.16. The van der Waals surface area contributed by atoms with Crippen LogP contribution in [0.2, 0.25) is 0 Å². The molecular formula is C26H25FN4O3S. The lowest BCUT2D eigenvalue weighted by atomic mass is 10.3. The maximum absolute atomic E-state index is 13.3. The number of ether oxygens (including phenoxy) is 2. The van der Waals surface area contributed by atoms with Gasteiger partial charge in [0.2, 0.25) is 5.91 Å². The second kappa shape index (κ2) is 11.5. The molecule has 0 fully saturated rings. The minimum absolute atomic E-state index is 0.124. The van der Waals surface area contributed by atoms with Crippen LogP contribution in [-0.4, -0.2) is 33.0 Å². The van der Waals surface area contributed by atoms with Gasteiger partial charge in [0.15, 0.2) is 17.1 Å². The summed E-state index contributed by atoms with van der Waals surface area (Å²) >= 11 is 1.27. The van der Waals surface area contributed by atoms with Crippen molar-refractivity contribution in [3.8, 4) is 17.2 Å². The molecule has 1 unspecified atom stereocenters. The van der Waals surface area contributed by atoms with Gasteiger partial charge in [-0.05, 0) is 62.4 Å². The van der Waals surface area contributed by atoms with Crippen molar-refractivity contribution in [1.82, 2.24) is 14.8 Å². The molecule has 0 saturated carbocycles. The van der Waals surface area contributed by atoms with Crippen molar-refractivity contribution in [1.29, 1.82) is 0 Å². The highest BCUT2D eigenvalue weighted by Gasteiger charge is 2.22. The van der Waals surface area contributed by atoms with Gasteiger partial charge in [0.05, 0.1) is 18.0 Å². The van der Waals surface area contributed by atoms with E-state index < -0.39 is 6.10 Å². The number of hydrogen-bond donors (Lipinski definition) is 1. The topological polar surface area (TPSA) is 78.3 Å². The van der Waals surface area contributed by atoms with Crippen LogP contribution >= 0.6 is 11.8 Å². The number of rotatable bonds is 10. The van der Waals surface area contributed by atoms with Crippen LogP contribution in [0.3, 0.4) is 0 Å². The summed E-state index contributed by atoms with van der Waals surface area (Å²) in [5.74, 6) is 1.29. The summed E-state index contributed by atoms with van der Waals surface area (Å²) in [7, 11) is 0. The molecule has 7 nitrogen and oxygen atoms in total. The number of para-hydroxylation sites is 3. The van der Waals surface area contributed by atoms with Gasteiger partial charge in [0.25, 0.3) is 0 Å². The average Bonchev–Trinajstić information content (AvgIpc) is 3.30. The number of hydrogen-bond acceptors (Lipinski definition) is 6. The lowest BCUT2D eigenvalue weighted by molar-refractivity contribution is -0.113. The first kappa shape index (κ1) is 24.3. The van der Waals surface area contributed by atoms with E-state index in [1.54, 1.807) is 18.2 Å². The molecule has 1 amide bonds. The third kappa shape index (κ3) is 6.19. The average molecular weight is 493 g/mol. The van der Waals surface area contributed by atoms with Crippen LogP contribution in [0.25, 0.3) is 5.69 Å². The van der Waals surface area contributed by atoms with Crippen molar-refractivity contribution in [2.24, 2.45) is 0 Å². The first-order valence-electron chi connectivity index (χ1n) is 11.1. The Bertz CT molecular complexity index is 1270. The predicted molar refractivity (Wildman–Crippen MR) is 134 cm³/mol. The molecule has 0 radical (unpaired) electrons. The molecule has 4 aromatic rings. The Kier molecular flexibility index (Phi) is 7.99. The van der Waals surface area contributed by atoms with Crippen LogP contribution in [0.4, 0.5) is 10.1 Å². The van der Waals surface area contributed by atoms with E-state index in [9.17, 15) is 9.18 Å². The zero-order valence-electron chi connectivity index (χ0n) is 19.3. The summed E-state index contributed by atoms with van der Waals surface area (Å²) in [5, 5.41) is 12.1. The Hall–Kier alpha value is -3.85. The van der Waals surface area contributed by atoms with Crippen LogP contribution in [0.5, 0.6) is 11.5 Å². The summed E-state index contributed by atoms with van der Waals surface area (Å²) in [4.78, 5) is 12.7. The third-order valence-corrected chi connectivity index (χ3v) is 5.89. The number of aromatic nitrogens is 3. The van der Waals surface area contributed by atoms with Gasteiger partial charge in [-0.2, -0.15) is 0 Å². The fourth-order valence-electron chi connectivity index (χ4n) is 3.40. The Morgan fingerprint density at radius 3 is 2.49 bits per heavy atom. The monoisotopic (exact) mass is 492 g/mol. The molecule has 35 heavy (non-hydrogen) atoms. The zero-order chi connectivity index (χ0) is 24.6. The smallest absolute Gasteiger partial charge is 0.234 e. The second-order valence-electron chi connectivity index (χ2n) is 7.49. The van der Waals surface area contributed by atoms with Crippen LogP contribution < -0.4 is 14.8 Å². The molecule has 0 aliphatic carbocycles. The van der Waals surface area contributed by atoms with Crippen LogP contribution in [-0.2, 0) is 4.79 Å². The molecule has 1 heterocycles. The van der Waals surface area contributed by atoms with Gasteiger partial charge in [-0.1, -0.05) is 42.1 Å². The fraction of sp³-hybridized carbons (Fsp3) is 0.192. The van der Waals surface area contributed by atoms with E-state index in [0.717, 1.165) is 5.69 Å². The van der Waals surface area contributed by atoms with Crippen LogP contribution in [0.15, 0.2) is 84.0 Å². The summed E-state index contributed by atoms with van der Waals surface area (Å²) in [6.07, 6.45) is -0.477. The van der Waals surface area contributed by atoms with Gasteiger partial charge >= 0.3 is 0 Å². The largest absolute Gasteiger partial charge is 0.492 e. The summed E-state index contributed by atoms with van der Waals surface area (Å²) in [6, 6.07) is 22.7. The van der Waals surface area contributed by atoms with Crippen molar-refractivity contribution in [2.45, 2.75) is 25.1 Å². The third-order valence-electron chi connectivity index (χ3n) is 4.96. The standard InChI is InChI=1S/C26H25FN4O3S/c1-3-33-23-12-8-7-11-22(23)28-24(32)17-35-26-30-29-25(31(26)20-9-5-4-6-10-20)18(2)34-21-15-13-19(27)14-16-21/h4-16,18H,3,17H2,1-2H3,(H,28,32). The van der Waals surface area contributed by atoms with Gasteiger partial charge in [-0.25, -0.2) is 4.39 Å². The Morgan fingerprint density at radius 1 is 1.03 bits per heavy atom. The number of halogens is 1. The van der Waals surface area contributed by atoms with Gasteiger partial charge in [0.1, 0.15) is 17.3 Å². The molecule has 0 bridgehead atoms. The molecule has 0 saturated heterocycles. The number of amides is 1. The number of benzene rings is 3. The molecule has 0 aliphatic rings. The minimum Gasteiger partial charge on any atom is -0.492 e. The highest BCUT2D eigenvalue weighted by molar-refractivity contribution is 7.99. The zero-order valence-corrected chi connectivity index (χ0v) is 20.2. The van der Waals surface area contributed by atoms with Crippen molar-refractivity contribution in [3.63, 3.8) is 0 Å². The van der Waals surface area contributed by atoms with E-state index in [4.69, 9.17) is 9.47 Å². The lowest BCUT2D eigenvalue weighted by Gasteiger charge is -2.16. The van der Waals surface area contributed by atoms with E-state index in [2.05, 4.69) is 15.5 Å². The second-order valence-corrected chi connectivity index (χ2v) is 8.43. The quantitative estimate of drug-likeness (QED) is 0.287. The van der Waals surface area contributed by atoms with Crippen molar-refractivity contribution in [2.75, 3.05) is 17.7 Å². The number of nitrogens with one attached hydrogen (secondary N) is 1.